The lowest BCUT2D eigenvalue weighted by Gasteiger charge is -2.16. The maximum atomic E-state index is 12.8. The van der Waals surface area contributed by atoms with E-state index in [0.29, 0.717) is 17.6 Å². The number of pyridine rings is 1. The first-order valence-electron chi connectivity index (χ1n) is 8.40. The Morgan fingerprint density at radius 1 is 1.40 bits per heavy atom. The molecule has 0 saturated carbocycles. The van der Waals surface area contributed by atoms with Crippen LogP contribution in [-0.2, 0) is 20.0 Å². The highest BCUT2D eigenvalue weighted by Crippen LogP contribution is 2.24. The van der Waals surface area contributed by atoms with Gasteiger partial charge in [0.25, 0.3) is 5.91 Å². The third kappa shape index (κ3) is 2.43. The van der Waals surface area contributed by atoms with Crippen molar-refractivity contribution in [2.75, 3.05) is 0 Å². The lowest BCUT2D eigenvalue weighted by Crippen LogP contribution is -2.33. The van der Waals surface area contributed by atoms with Gasteiger partial charge in [0.15, 0.2) is 0 Å². The molecule has 7 heteroatoms. The summed E-state index contributed by atoms with van der Waals surface area (Å²) >= 11 is 0. The molecule has 0 fully saturated rings. The molecule has 4 rings (SSSR count). The van der Waals surface area contributed by atoms with E-state index in [0.717, 1.165) is 24.0 Å². The molecule has 0 saturated heterocycles. The van der Waals surface area contributed by atoms with Crippen molar-refractivity contribution in [3.63, 3.8) is 0 Å². The maximum Gasteiger partial charge on any atom is 0.257 e. The van der Waals surface area contributed by atoms with E-state index in [9.17, 15) is 9.59 Å². The molecule has 1 atom stereocenters. The van der Waals surface area contributed by atoms with Crippen LogP contribution in [0.3, 0.4) is 0 Å². The molecule has 0 spiro atoms. The molecule has 1 aromatic carbocycles. The molecule has 1 amide bonds. The minimum atomic E-state index is -0.372. The first-order valence-corrected chi connectivity index (χ1v) is 8.40. The quantitative estimate of drug-likeness (QED) is 0.783. The summed E-state index contributed by atoms with van der Waals surface area (Å²) in [4.78, 5) is 29.8. The number of carbonyl (C=O) groups is 1. The van der Waals surface area contributed by atoms with Crippen molar-refractivity contribution >= 4 is 16.8 Å². The molecular formula is C18H19N5O2. The fraction of sp³-hybridized carbons (Fsp3) is 0.333. The molecule has 3 aromatic rings. The van der Waals surface area contributed by atoms with E-state index >= 15 is 0 Å². The number of nitrogens with one attached hydrogen (secondary N) is 1. The van der Waals surface area contributed by atoms with E-state index in [1.54, 1.807) is 24.0 Å². The number of para-hydroxylation sites is 1. The number of hydrogen-bond donors (Lipinski definition) is 1. The predicted molar refractivity (Wildman–Crippen MR) is 93.4 cm³/mol. The number of aromatic nitrogens is 4. The zero-order chi connectivity index (χ0) is 17.6. The topological polar surface area (TPSA) is 81.8 Å². The Morgan fingerprint density at radius 2 is 2.24 bits per heavy atom. The lowest BCUT2D eigenvalue weighted by atomic mass is 10.1. The standard InChI is InChI=1S/C18H19N5O2/c1-3-14(17-19-10-20-22(17)2)21-18(25)13-9-23-8-7-11-5-4-6-12(15(11)23)16(13)24/h4-6,9-10,14H,3,7-8H2,1-2H3,(H,21,25)/t14-/m1/s1. The third-order valence-electron chi connectivity index (χ3n) is 4.82. The van der Waals surface area contributed by atoms with E-state index < -0.39 is 0 Å². The minimum Gasteiger partial charge on any atom is -0.346 e. The molecule has 7 nitrogen and oxygen atoms in total. The Morgan fingerprint density at radius 3 is 2.96 bits per heavy atom. The summed E-state index contributed by atoms with van der Waals surface area (Å²) in [7, 11) is 1.78. The highest BCUT2D eigenvalue weighted by molar-refractivity contribution is 5.98. The zero-order valence-electron chi connectivity index (χ0n) is 14.2. The molecule has 0 aliphatic carbocycles. The third-order valence-corrected chi connectivity index (χ3v) is 4.82. The maximum absolute atomic E-state index is 12.8. The summed E-state index contributed by atoms with van der Waals surface area (Å²) in [5.41, 5.74) is 2.06. The molecule has 128 valence electrons. The number of hydrogen-bond acceptors (Lipinski definition) is 4. The summed E-state index contributed by atoms with van der Waals surface area (Å²) in [5.74, 6) is 0.298. The molecule has 0 unspecified atom stereocenters. The van der Waals surface area contributed by atoms with Gasteiger partial charge in [0, 0.05) is 25.2 Å². The number of rotatable bonds is 4. The summed E-state index contributed by atoms with van der Waals surface area (Å²) in [5, 5.41) is 7.58. The van der Waals surface area contributed by atoms with E-state index in [1.165, 1.54) is 6.33 Å². The smallest absolute Gasteiger partial charge is 0.257 e. The van der Waals surface area contributed by atoms with E-state index in [4.69, 9.17) is 0 Å². The fourth-order valence-corrected chi connectivity index (χ4v) is 3.52. The van der Waals surface area contributed by atoms with Gasteiger partial charge >= 0.3 is 0 Å². The van der Waals surface area contributed by atoms with Crippen LogP contribution in [0, 0.1) is 0 Å². The van der Waals surface area contributed by atoms with Gasteiger partial charge in [0.2, 0.25) is 5.43 Å². The van der Waals surface area contributed by atoms with Gasteiger partial charge < -0.3 is 9.88 Å². The average Bonchev–Trinajstić information content (AvgIpc) is 3.22. The van der Waals surface area contributed by atoms with E-state index in [-0.39, 0.29) is 22.9 Å². The summed E-state index contributed by atoms with van der Waals surface area (Å²) < 4.78 is 3.64. The van der Waals surface area contributed by atoms with Gasteiger partial charge in [-0.2, -0.15) is 5.10 Å². The van der Waals surface area contributed by atoms with Gasteiger partial charge in [-0.1, -0.05) is 19.1 Å². The second-order valence-electron chi connectivity index (χ2n) is 6.30. The van der Waals surface area contributed by atoms with Crippen LogP contribution < -0.4 is 10.7 Å². The largest absolute Gasteiger partial charge is 0.346 e. The highest BCUT2D eigenvalue weighted by atomic mass is 16.2. The Bertz CT molecular complexity index is 1030. The molecule has 25 heavy (non-hydrogen) atoms. The number of amides is 1. The molecule has 0 radical (unpaired) electrons. The molecule has 3 heterocycles. The van der Waals surface area contributed by atoms with E-state index in [2.05, 4.69) is 15.4 Å². The molecule has 1 aliphatic heterocycles. The summed E-state index contributed by atoms with van der Waals surface area (Å²) in [6.07, 6.45) is 4.68. The first kappa shape index (κ1) is 15.6. The molecule has 2 aromatic heterocycles. The molecule has 0 bridgehead atoms. The second-order valence-corrected chi connectivity index (χ2v) is 6.30. The normalized spacial score (nSPS) is 14.0. The van der Waals surface area contributed by atoms with Crippen molar-refractivity contribution in [2.45, 2.75) is 32.4 Å². The van der Waals surface area contributed by atoms with E-state index in [1.807, 2.05) is 23.6 Å². The number of aryl methyl sites for hydroxylation is 3. The Balaban J connectivity index is 1.73. The summed E-state index contributed by atoms with van der Waals surface area (Å²) in [6, 6.07) is 5.41. The fourth-order valence-electron chi connectivity index (χ4n) is 3.52. The van der Waals surface area contributed by atoms with Crippen molar-refractivity contribution in [1.82, 2.24) is 24.6 Å². The Kier molecular flexibility index (Phi) is 3.63. The van der Waals surface area contributed by atoms with Crippen molar-refractivity contribution in [3.05, 3.63) is 57.9 Å². The van der Waals surface area contributed by atoms with Crippen LogP contribution >= 0.6 is 0 Å². The minimum absolute atomic E-state index is 0.173. The monoisotopic (exact) mass is 337 g/mol. The predicted octanol–water partition coefficient (Wildman–Crippen LogP) is 1.57. The Labute approximate surface area is 144 Å². The number of benzene rings is 1. The first-order chi connectivity index (χ1) is 12.1. The van der Waals surface area contributed by atoms with Crippen molar-refractivity contribution in [2.24, 2.45) is 7.05 Å². The van der Waals surface area contributed by atoms with Gasteiger partial charge in [-0.25, -0.2) is 4.98 Å². The molecular weight excluding hydrogens is 318 g/mol. The molecule has 1 N–H and O–H groups in total. The van der Waals surface area contributed by atoms with Crippen LogP contribution in [0.1, 0.15) is 41.1 Å². The highest BCUT2D eigenvalue weighted by Gasteiger charge is 2.23. The van der Waals surface area contributed by atoms with Crippen LogP contribution in [-0.4, -0.2) is 25.2 Å². The summed E-state index contributed by atoms with van der Waals surface area (Å²) in [6.45, 7) is 2.75. The molecule has 1 aliphatic rings. The number of nitrogens with zero attached hydrogens (tertiary/aromatic N) is 4. The van der Waals surface area contributed by atoms with Gasteiger partial charge in [-0.15, -0.1) is 0 Å². The van der Waals surface area contributed by atoms with Crippen LogP contribution in [0.5, 0.6) is 0 Å². The van der Waals surface area contributed by atoms with Crippen LogP contribution in [0.2, 0.25) is 0 Å². The lowest BCUT2D eigenvalue weighted by molar-refractivity contribution is 0.0931. The Hall–Kier alpha value is -2.96. The van der Waals surface area contributed by atoms with Gasteiger partial charge in [-0.3, -0.25) is 14.3 Å². The van der Waals surface area contributed by atoms with Crippen molar-refractivity contribution in [1.29, 1.82) is 0 Å². The van der Waals surface area contributed by atoms with Gasteiger partial charge in [0.05, 0.1) is 11.6 Å². The number of carbonyl (C=O) groups excluding carboxylic acids is 1. The van der Waals surface area contributed by atoms with Crippen LogP contribution in [0.4, 0.5) is 0 Å². The van der Waals surface area contributed by atoms with Crippen molar-refractivity contribution < 1.29 is 4.79 Å². The average molecular weight is 337 g/mol. The van der Waals surface area contributed by atoms with Crippen LogP contribution in [0.15, 0.2) is 35.5 Å². The van der Waals surface area contributed by atoms with Gasteiger partial charge in [-0.05, 0) is 24.5 Å². The van der Waals surface area contributed by atoms with Crippen LogP contribution in [0.25, 0.3) is 10.9 Å². The second kappa shape index (κ2) is 5.84. The SMILES string of the molecule is CC[C@@H](NC(=O)c1cn2c3c(cccc3c1=O)CC2)c1ncnn1C. The van der Waals surface area contributed by atoms with Crippen molar-refractivity contribution in [3.8, 4) is 0 Å². The van der Waals surface area contributed by atoms with Gasteiger partial charge in [0.1, 0.15) is 17.7 Å². The zero-order valence-corrected chi connectivity index (χ0v) is 14.2.